The van der Waals surface area contributed by atoms with E-state index in [1.54, 1.807) is 0 Å². The van der Waals surface area contributed by atoms with Crippen molar-refractivity contribution >= 4 is 33.7 Å². The first kappa shape index (κ1) is 17.5. The molecule has 0 fully saturated rings. The van der Waals surface area contributed by atoms with Crippen LogP contribution in [-0.4, -0.2) is 61.9 Å². The highest BCUT2D eigenvalue weighted by Gasteiger charge is 2.23. The Morgan fingerprint density at radius 1 is 1.38 bits per heavy atom. The molecule has 0 spiro atoms. The number of nitrogens with one attached hydrogen (secondary N) is 1. The van der Waals surface area contributed by atoms with Crippen molar-refractivity contribution in [2.45, 2.75) is 5.09 Å². The molecule has 0 aliphatic carbocycles. The topological polar surface area (TPSA) is 117 Å². The van der Waals surface area contributed by atoms with Gasteiger partial charge < -0.3 is 14.8 Å². The van der Waals surface area contributed by atoms with Gasteiger partial charge in [0.15, 0.2) is 5.76 Å². The van der Waals surface area contributed by atoms with Gasteiger partial charge >= 0.3 is 5.97 Å². The summed E-state index contributed by atoms with van der Waals surface area (Å²) in [5, 5.41) is 10.6. The molecule has 0 aliphatic rings. The van der Waals surface area contributed by atoms with E-state index < -0.39 is 21.9 Å². The van der Waals surface area contributed by atoms with Crippen LogP contribution in [-0.2, 0) is 14.8 Å². The van der Waals surface area contributed by atoms with Crippen molar-refractivity contribution < 1.29 is 27.5 Å². The summed E-state index contributed by atoms with van der Waals surface area (Å²) < 4.78 is 29.6. The van der Waals surface area contributed by atoms with Gasteiger partial charge in [0.25, 0.3) is 15.9 Å². The van der Waals surface area contributed by atoms with E-state index in [4.69, 9.17) is 9.52 Å². The molecular weight excluding hydrogens is 320 g/mol. The summed E-state index contributed by atoms with van der Waals surface area (Å²) in [5.41, 5.74) is 0. The van der Waals surface area contributed by atoms with Gasteiger partial charge in [0.1, 0.15) is 0 Å². The molecule has 1 amide bonds. The first-order valence-electron chi connectivity index (χ1n) is 5.85. The number of amides is 1. The number of carbonyl (C=O) groups is 2. The fourth-order valence-electron chi connectivity index (χ4n) is 1.24. The Bertz CT molecular complexity index is 608. The molecule has 0 saturated carbocycles. The van der Waals surface area contributed by atoms with Gasteiger partial charge in [-0.25, -0.2) is 12.7 Å². The molecule has 8 nitrogen and oxygen atoms in total. The van der Waals surface area contributed by atoms with Crippen LogP contribution in [0.15, 0.2) is 21.6 Å². The molecule has 1 heterocycles. The predicted molar refractivity (Wildman–Crippen MR) is 76.9 cm³/mol. The molecule has 0 radical (unpaired) electrons. The highest BCUT2D eigenvalue weighted by atomic mass is 32.2. The Labute approximate surface area is 126 Å². The van der Waals surface area contributed by atoms with E-state index in [0.29, 0.717) is 5.75 Å². The van der Waals surface area contributed by atoms with Crippen LogP contribution in [0.25, 0.3) is 0 Å². The van der Waals surface area contributed by atoms with Crippen LogP contribution >= 0.6 is 11.8 Å². The summed E-state index contributed by atoms with van der Waals surface area (Å²) >= 11 is 1.16. The van der Waals surface area contributed by atoms with Gasteiger partial charge in [0.2, 0.25) is 5.09 Å². The van der Waals surface area contributed by atoms with Crippen molar-refractivity contribution in [3.05, 3.63) is 17.9 Å². The summed E-state index contributed by atoms with van der Waals surface area (Å²) in [5.74, 6) is -1.19. The lowest BCUT2D eigenvalue weighted by molar-refractivity contribution is -0.133. The lowest BCUT2D eigenvalue weighted by Crippen LogP contribution is -2.25. The number of sulfonamides is 1. The van der Waals surface area contributed by atoms with Gasteiger partial charge in [-0.05, 0) is 12.1 Å². The predicted octanol–water partition coefficient (Wildman–Crippen LogP) is 0.0775. The highest BCUT2D eigenvalue weighted by Crippen LogP contribution is 2.16. The Morgan fingerprint density at radius 2 is 2.05 bits per heavy atom. The zero-order valence-electron chi connectivity index (χ0n) is 11.5. The maximum absolute atomic E-state index is 11.8. The average Bonchev–Trinajstić information content (AvgIpc) is 2.87. The van der Waals surface area contributed by atoms with Gasteiger partial charge in [0, 0.05) is 26.4 Å². The molecule has 0 atom stereocenters. The van der Waals surface area contributed by atoms with E-state index in [0.717, 1.165) is 16.1 Å². The number of carboxylic acids is 1. The van der Waals surface area contributed by atoms with Crippen molar-refractivity contribution in [1.29, 1.82) is 0 Å². The van der Waals surface area contributed by atoms with Crippen LogP contribution in [0.1, 0.15) is 10.6 Å². The van der Waals surface area contributed by atoms with E-state index in [-0.39, 0.29) is 23.2 Å². The van der Waals surface area contributed by atoms with Crippen molar-refractivity contribution in [2.75, 3.05) is 32.1 Å². The number of hydrogen-bond acceptors (Lipinski definition) is 6. The molecule has 1 rings (SSSR count). The Hall–Kier alpha value is -1.52. The summed E-state index contributed by atoms with van der Waals surface area (Å²) in [6.45, 7) is 0.257. The summed E-state index contributed by atoms with van der Waals surface area (Å²) in [4.78, 5) is 22.0. The average molecular weight is 336 g/mol. The Morgan fingerprint density at radius 3 is 2.62 bits per heavy atom. The molecule has 2 N–H and O–H groups in total. The summed E-state index contributed by atoms with van der Waals surface area (Å²) in [6.07, 6.45) is 0. The maximum atomic E-state index is 11.8. The van der Waals surface area contributed by atoms with E-state index in [1.165, 1.54) is 26.2 Å². The zero-order chi connectivity index (χ0) is 16.0. The van der Waals surface area contributed by atoms with Crippen LogP contribution in [0.3, 0.4) is 0 Å². The first-order chi connectivity index (χ1) is 9.75. The maximum Gasteiger partial charge on any atom is 0.313 e. The lowest BCUT2D eigenvalue weighted by Gasteiger charge is -2.07. The van der Waals surface area contributed by atoms with E-state index in [1.807, 2.05) is 0 Å². The van der Waals surface area contributed by atoms with Crippen LogP contribution in [0.2, 0.25) is 0 Å². The lowest BCUT2D eigenvalue weighted by atomic mass is 10.4. The standard InChI is InChI=1S/C11H16N2O6S2/c1-13(2)21(17,18)10-4-3-8(19-10)11(16)12-5-6-20-7-9(14)15/h3-4H,5-7H2,1-2H3,(H,12,16)(H,14,15). The highest BCUT2D eigenvalue weighted by molar-refractivity contribution is 7.99. The summed E-state index contributed by atoms with van der Waals surface area (Å²) in [7, 11) is -0.994. The first-order valence-corrected chi connectivity index (χ1v) is 8.44. The molecule has 0 aliphatic heterocycles. The van der Waals surface area contributed by atoms with Gasteiger partial charge in [-0.3, -0.25) is 9.59 Å². The number of carbonyl (C=O) groups excluding carboxylic acids is 1. The van der Waals surface area contributed by atoms with Gasteiger partial charge in [-0.15, -0.1) is 11.8 Å². The third kappa shape index (κ3) is 5.06. The molecule has 10 heteroatoms. The van der Waals surface area contributed by atoms with E-state index >= 15 is 0 Å². The molecular formula is C11H16N2O6S2. The number of thioether (sulfide) groups is 1. The smallest absolute Gasteiger partial charge is 0.313 e. The van der Waals surface area contributed by atoms with Crippen LogP contribution in [0.5, 0.6) is 0 Å². The van der Waals surface area contributed by atoms with Crippen LogP contribution < -0.4 is 5.32 Å². The Balaban J connectivity index is 2.53. The van der Waals surface area contributed by atoms with Crippen molar-refractivity contribution in [3.63, 3.8) is 0 Å². The number of carboxylic acid groups (broad SMARTS) is 1. The largest absolute Gasteiger partial charge is 0.481 e. The second-order valence-corrected chi connectivity index (χ2v) is 7.30. The molecule has 118 valence electrons. The van der Waals surface area contributed by atoms with Crippen LogP contribution in [0, 0.1) is 0 Å². The number of nitrogens with zero attached hydrogens (tertiary/aromatic N) is 1. The second-order valence-electron chi connectivity index (χ2n) is 4.11. The van der Waals surface area contributed by atoms with E-state index in [2.05, 4.69) is 5.32 Å². The third-order valence-corrected chi connectivity index (χ3v) is 4.93. The molecule has 21 heavy (non-hydrogen) atoms. The minimum absolute atomic E-state index is 0.0398. The zero-order valence-corrected chi connectivity index (χ0v) is 13.2. The fourth-order valence-corrected chi connectivity index (χ4v) is 2.60. The molecule has 1 aromatic rings. The SMILES string of the molecule is CN(C)S(=O)(=O)c1ccc(C(=O)NCCSCC(=O)O)o1. The number of hydrogen-bond donors (Lipinski definition) is 2. The Kier molecular flexibility index (Phi) is 6.24. The molecule has 0 bridgehead atoms. The van der Waals surface area contributed by atoms with Gasteiger partial charge in [-0.1, -0.05) is 0 Å². The monoisotopic (exact) mass is 336 g/mol. The molecule has 1 aromatic heterocycles. The minimum Gasteiger partial charge on any atom is -0.481 e. The minimum atomic E-state index is -3.71. The van der Waals surface area contributed by atoms with Gasteiger partial charge in [-0.2, -0.15) is 0 Å². The summed E-state index contributed by atoms with van der Waals surface area (Å²) in [6, 6.07) is 2.49. The van der Waals surface area contributed by atoms with Gasteiger partial charge in [0.05, 0.1) is 5.75 Å². The number of rotatable bonds is 8. The molecule has 0 unspecified atom stereocenters. The fraction of sp³-hybridized carbons (Fsp3) is 0.455. The number of furan rings is 1. The third-order valence-electron chi connectivity index (χ3n) is 2.30. The number of aliphatic carboxylic acids is 1. The quantitative estimate of drug-likeness (QED) is 0.645. The van der Waals surface area contributed by atoms with E-state index in [9.17, 15) is 18.0 Å². The van der Waals surface area contributed by atoms with Crippen molar-refractivity contribution in [2.24, 2.45) is 0 Å². The van der Waals surface area contributed by atoms with Crippen molar-refractivity contribution in [3.8, 4) is 0 Å². The molecule has 0 aromatic carbocycles. The molecule has 0 saturated heterocycles. The normalized spacial score (nSPS) is 11.6. The second kappa shape index (κ2) is 7.48. The van der Waals surface area contributed by atoms with Crippen LogP contribution in [0.4, 0.5) is 0 Å². The van der Waals surface area contributed by atoms with Crippen molar-refractivity contribution in [1.82, 2.24) is 9.62 Å².